The number of aryl methyl sites for hydroxylation is 1. The van der Waals surface area contributed by atoms with Crippen molar-refractivity contribution in [3.63, 3.8) is 0 Å². The van der Waals surface area contributed by atoms with Gasteiger partial charge in [0.2, 0.25) is 5.91 Å². The Bertz CT molecular complexity index is 1480. The number of amides is 1. The van der Waals surface area contributed by atoms with Gasteiger partial charge in [-0.15, -0.1) is 0 Å². The number of hydrogen-bond acceptors (Lipinski definition) is 8. The van der Waals surface area contributed by atoms with Gasteiger partial charge >= 0.3 is 0 Å². The van der Waals surface area contributed by atoms with Gasteiger partial charge in [0.25, 0.3) is 0 Å². The predicted molar refractivity (Wildman–Crippen MR) is 158 cm³/mol. The fraction of sp³-hybridized carbons (Fsp3) is 0.310. The molecule has 0 atom stereocenters. The van der Waals surface area contributed by atoms with Crippen molar-refractivity contribution in [3.05, 3.63) is 61.6 Å². The number of benzene rings is 2. The highest BCUT2D eigenvalue weighted by atomic mass is 16.5. The van der Waals surface area contributed by atoms with Crippen LogP contribution in [0.1, 0.15) is 13.8 Å². The average Bonchev–Trinajstić information content (AvgIpc) is 3.31. The van der Waals surface area contributed by atoms with E-state index in [0.29, 0.717) is 29.0 Å². The first-order valence-electron chi connectivity index (χ1n) is 12.8. The Balaban J connectivity index is 1.66. The molecule has 4 rings (SSSR count). The molecule has 2 heterocycles. The second-order valence-corrected chi connectivity index (χ2v) is 9.71. The molecule has 2 aromatic heterocycles. The van der Waals surface area contributed by atoms with Crippen LogP contribution in [-0.4, -0.2) is 70.9 Å². The van der Waals surface area contributed by atoms with Crippen LogP contribution in [0.4, 0.5) is 22.9 Å². The molecule has 0 unspecified atom stereocenters. The molecule has 2 N–H and O–H groups in total. The van der Waals surface area contributed by atoms with Crippen molar-refractivity contribution in [1.82, 2.24) is 24.6 Å². The first-order chi connectivity index (χ1) is 18.7. The van der Waals surface area contributed by atoms with Crippen LogP contribution in [0.3, 0.4) is 0 Å². The Kier molecular flexibility index (Phi) is 8.46. The summed E-state index contributed by atoms with van der Waals surface area (Å²) in [5, 5.41) is 11.7. The standard InChI is InChI=1S/C29H36N8O2/c1-8-29(38)34-23-14-24(27(39-7)16-26(23)36(5)12-11-35(4)19(2)3)33-28-15-22(30-18-31-28)20-9-10-21-17-32-37(6)25(21)13-20/h8-10,13-19H,1,11-12H2,2-7H3,(H,34,38)(H,30,31,33). The van der Waals surface area contributed by atoms with Gasteiger partial charge < -0.3 is 25.2 Å². The van der Waals surface area contributed by atoms with E-state index in [4.69, 9.17) is 4.74 Å². The average molecular weight is 529 g/mol. The van der Waals surface area contributed by atoms with Gasteiger partial charge in [-0.1, -0.05) is 18.7 Å². The molecule has 0 fully saturated rings. The number of fused-ring (bicyclic) bond motifs is 1. The lowest BCUT2D eigenvalue weighted by Gasteiger charge is -2.28. The van der Waals surface area contributed by atoms with Gasteiger partial charge in [-0.25, -0.2) is 9.97 Å². The smallest absolute Gasteiger partial charge is 0.247 e. The van der Waals surface area contributed by atoms with E-state index in [1.165, 1.54) is 12.4 Å². The van der Waals surface area contributed by atoms with Crippen LogP contribution in [-0.2, 0) is 11.8 Å². The van der Waals surface area contributed by atoms with Crippen molar-refractivity contribution < 1.29 is 9.53 Å². The number of nitrogens with zero attached hydrogens (tertiary/aromatic N) is 6. The van der Waals surface area contributed by atoms with Gasteiger partial charge in [0.1, 0.15) is 17.9 Å². The summed E-state index contributed by atoms with van der Waals surface area (Å²) in [6, 6.07) is 12.2. The van der Waals surface area contributed by atoms with E-state index in [9.17, 15) is 4.79 Å². The molecule has 0 aliphatic rings. The van der Waals surface area contributed by atoms with Crippen LogP contribution in [0.5, 0.6) is 5.75 Å². The van der Waals surface area contributed by atoms with Crippen molar-refractivity contribution in [3.8, 4) is 17.0 Å². The Morgan fingerprint density at radius 1 is 1.13 bits per heavy atom. The third-order valence-electron chi connectivity index (χ3n) is 6.82. The highest BCUT2D eigenvalue weighted by Crippen LogP contribution is 2.38. The first kappa shape index (κ1) is 27.6. The summed E-state index contributed by atoms with van der Waals surface area (Å²) in [5.41, 5.74) is 4.85. The van der Waals surface area contributed by atoms with E-state index < -0.39 is 0 Å². The molecular weight excluding hydrogens is 492 g/mol. The Hall–Kier alpha value is -4.44. The van der Waals surface area contributed by atoms with Gasteiger partial charge in [-0.2, -0.15) is 5.10 Å². The SMILES string of the molecule is C=CC(=O)Nc1cc(Nc2cc(-c3ccc4cnn(C)c4c3)ncn2)c(OC)cc1N(C)CCN(C)C(C)C. The Labute approximate surface area is 229 Å². The number of nitrogens with one attached hydrogen (secondary N) is 2. The molecule has 10 heteroatoms. The number of carbonyl (C=O) groups is 1. The molecule has 0 radical (unpaired) electrons. The molecule has 0 spiro atoms. The number of hydrogen-bond donors (Lipinski definition) is 2. The van der Waals surface area contributed by atoms with E-state index >= 15 is 0 Å². The number of methoxy groups -OCH3 is 1. The monoisotopic (exact) mass is 528 g/mol. The molecule has 0 saturated heterocycles. The normalized spacial score (nSPS) is 11.2. The summed E-state index contributed by atoms with van der Waals surface area (Å²) in [5.74, 6) is 0.904. The first-order valence-corrected chi connectivity index (χ1v) is 12.8. The van der Waals surface area contributed by atoms with E-state index in [0.717, 1.165) is 40.9 Å². The zero-order valence-corrected chi connectivity index (χ0v) is 23.4. The molecule has 204 valence electrons. The number of aromatic nitrogens is 4. The van der Waals surface area contributed by atoms with Crippen molar-refractivity contribution in [2.75, 3.05) is 49.8 Å². The van der Waals surface area contributed by atoms with Crippen molar-refractivity contribution in [2.24, 2.45) is 7.05 Å². The fourth-order valence-corrected chi connectivity index (χ4v) is 4.15. The maximum atomic E-state index is 12.3. The molecule has 39 heavy (non-hydrogen) atoms. The van der Waals surface area contributed by atoms with Gasteiger partial charge in [-0.3, -0.25) is 9.48 Å². The molecule has 4 aromatic rings. The van der Waals surface area contributed by atoms with Crippen molar-refractivity contribution >= 4 is 39.7 Å². The lowest BCUT2D eigenvalue weighted by molar-refractivity contribution is -0.111. The van der Waals surface area contributed by atoms with E-state index in [2.05, 4.69) is 69.0 Å². The third-order valence-corrected chi connectivity index (χ3v) is 6.82. The second-order valence-electron chi connectivity index (χ2n) is 9.71. The fourth-order valence-electron chi connectivity index (χ4n) is 4.15. The van der Waals surface area contributed by atoms with Gasteiger partial charge in [0.15, 0.2) is 0 Å². The Morgan fingerprint density at radius 3 is 2.64 bits per heavy atom. The molecule has 0 bridgehead atoms. The molecular formula is C29H36N8O2. The molecule has 0 saturated carbocycles. The zero-order chi connectivity index (χ0) is 28.1. The highest BCUT2D eigenvalue weighted by Gasteiger charge is 2.17. The summed E-state index contributed by atoms with van der Waals surface area (Å²) >= 11 is 0. The Morgan fingerprint density at radius 2 is 1.92 bits per heavy atom. The molecule has 1 amide bonds. The topological polar surface area (TPSA) is 100 Å². The minimum absolute atomic E-state index is 0.296. The van der Waals surface area contributed by atoms with Gasteiger partial charge in [0.05, 0.1) is 41.6 Å². The van der Waals surface area contributed by atoms with E-state index in [1.54, 1.807) is 7.11 Å². The molecule has 2 aromatic carbocycles. The van der Waals surface area contributed by atoms with Crippen LogP contribution in [0.25, 0.3) is 22.2 Å². The lowest BCUT2D eigenvalue weighted by atomic mass is 10.1. The third kappa shape index (κ3) is 6.35. The largest absolute Gasteiger partial charge is 0.494 e. The van der Waals surface area contributed by atoms with Crippen molar-refractivity contribution in [1.29, 1.82) is 0 Å². The predicted octanol–water partition coefficient (Wildman–Crippen LogP) is 4.68. The van der Waals surface area contributed by atoms with Crippen LogP contribution in [0, 0.1) is 0 Å². The maximum absolute atomic E-state index is 12.3. The summed E-state index contributed by atoms with van der Waals surface area (Å²) in [6.07, 6.45) is 4.61. The number of anilines is 4. The van der Waals surface area contributed by atoms with E-state index in [-0.39, 0.29) is 5.91 Å². The number of likely N-dealkylation sites (N-methyl/N-ethyl adjacent to an activating group) is 2. The quantitative estimate of drug-likeness (QED) is 0.271. The minimum Gasteiger partial charge on any atom is -0.494 e. The van der Waals surface area contributed by atoms with Crippen LogP contribution >= 0.6 is 0 Å². The van der Waals surface area contributed by atoms with Gasteiger partial charge in [-0.05, 0) is 39.1 Å². The highest BCUT2D eigenvalue weighted by molar-refractivity contribution is 6.02. The number of carbonyl (C=O) groups excluding carboxylic acids is 1. The van der Waals surface area contributed by atoms with Crippen molar-refractivity contribution in [2.45, 2.75) is 19.9 Å². The summed E-state index contributed by atoms with van der Waals surface area (Å²) in [6.45, 7) is 9.54. The van der Waals surface area contributed by atoms with Crippen LogP contribution in [0.2, 0.25) is 0 Å². The lowest BCUT2D eigenvalue weighted by Crippen LogP contribution is -2.35. The van der Waals surface area contributed by atoms with Crippen LogP contribution < -0.4 is 20.3 Å². The summed E-state index contributed by atoms with van der Waals surface area (Å²) < 4.78 is 7.58. The maximum Gasteiger partial charge on any atom is 0.247 e. The minimum atomic E-state index is -0.296. The number of rotatable bonds is 11. The molecule has 10 nitrogen and oxygen atoms in total. The van der Waals surface area contributed by atoms with Gasteiger partial charge in [0, 0.05) is 56.3 Å². The van der Waals surface area contributed by atoms with Crippen LogP contribution in [0.15, 0.2) is 61.6 Å². The second kappa shape index (κ2) is 12.0. The molecule has 0 aliphatic carbocycles. The zero-order valence-electron chi connectivity index (χ0n) is 23.4. The molecule has 0 aliphatic heterocycles. The summed E-state index contributed by atoms with van der Waals surface area (Å²) in [4.78, 5) is 25.6. The summed E-state index contributed by atoms with van der Waals surface area (Å²) in [7, 11) is 7.62. The van der Waals surface area contributed by atoms with E-state index in [1.807, 2.05) is 55.3 Å². The number of ether oxygens (including phenoxy) is 1.